The van der Waals surface area contributed by atoms with Crippen molar-refractivity contribution in [1.29, 1.82) is 0 Å². The third kappa shape index (κ3) is 2.12. The van der Waals surface area contributed by atoms with E-state index in [-0.39, 0.29) is 0 Å². The van der Waals surface area contributed by atoms with E-state index in [2.05, 4.69) is 16.5 Å². The largest absolute Gasteiger partial charge is 0.329 e. The maximum absolute atomic E-state index is 11.8. The number of rotatable bonds is 3. The van der Waals surface area contributed by atoms with E-state index in [1.807, 2.05) is 6.07 Å². The molecule has 1 aromatic carbocycles. The normalized spacial score (nSPS) is 17.8. The number of nitrogens with one attached hydrogen (secondary N) is 1. The Hall–Kier alpha value is -1.14. The predicted molar refractivity (Wildman–Crippen MR) is 77.7 cm³/mol. The summed E-state index contributed by atoms with van der Waals surface area (Å²) in [6.07, 6.45) is 3.67. The van der Waals surface area contributed by atoms with E-state index < -0.39 is 9.84 Å². The minimum Gasteiger partial charge on any atom is -0.329 e. The number of H-pyrrole nitrogens is 1. The number of benzene rings is 1. The van der Waals surface area contributed by atoms with Gasteiger partial charge in [-0.25, -0.2) is 8.42 Å². The van der Waals surface area contributed by atoms with Crippen LogP contribution in [0.1, 0.15) is 25.8 Å². The zero-order valence-electron chi connectivity index (χ0n) is 10.9. The Morgan fingerprint density at radius 2 is 2.11 bits per heavy atom. The van der Waals surface area contributed by atoms with Gasteiger partial charge in [0.1, 0.15) is 0 Å². The second-order valence-corrected chi connectivity index (χ2v) is 7.67. The zero-order chi connectivity index (χ0) is 13.8. The highest BCUT2D eigenvalue weighted by atomic mass is 32.2. The lowest BCUT2D eigenvalue weighted by Gasteiger charge is -2.13. The van der Waals surface area contributed by atoms with Crippen molar-refractivity contribution in [3.05, 3.63) is 23.0 Å². The second kappa shape index (κ2) is 4.18. The van der Waals surface area contributed by atoms with Crippen LogP contribution in [0.25, 0.3) is 11.0 Å². The Morgan fingerprint density at radius 3 is 2.68 bits per heavy atom. The number of aromatic nitrogens is 2. The van der Waals surface area contributed by atoms with Gasteiger partial charge in [0.05, 0.1) is 15.9 Å². The number of sulfone groups is 1. The smallest absolute Gasteiger partial charge is 0.178 e. The summed E-state index contributed by atoms with van der Waals surface area (Å²) in [7, 11) is -3.25. The first-order valence-electron chi connectivity index (χ1n) is 6.33. The van der Waals surface area contributed by atoms with E-state index in [1.54, 1.807) is 12.1 Å². The molecule has 1 N–H and O–H groups in total. The molecule has 0 amide bonds. The average Bonchev–Trinajstić information content (AvgIpc) is 3.09. The van der Waals surface area contributed by atoms with Gasteiger partial charge < -0.3 is 9.55 Å². The van der Waals surface area contributed by atoms with E-state index in [9.17, 15) is 8.42 Å². The molecule has 2 aromatic rings. The lowest BCUT2D eigenvalue weighted by molar-refractivity contribution is 0.492. The molecule has 0 spiro atoms. The van der Waals surface area contributed by atoms with Crippen LogP contribution in [0.15, 0.2) is 23.1 Å². The van der Waals surface area contributed by atoms with Crippen molar-refractivity contribution in [1.82, 2.24) is 9.55 Å². The fraction of sp³-hybridized carbons (Fsp3) is 0.462. The lowest BCUT2D eigenvalue weighted by atomic mass is 10.2. The molecule has 19 heavy (non-hydrogen) atoms. The van der Waals surface area contributed by atoms with Crippen molar-refractivity contribution < 1.29 is 8.42 Å². The SMILES string of the molecule is CC(C1CC1)n1c(=S)[nH]c2c(S(C)(=O)=O)cccc21. The summed E-state index contributed by atoms with van der Waals surface area (Å²) in [5.74, 6) is 0.660. The minimum atomic E-state index is -3.25. The Kier molecular flexibility index (Phi) is 2.83. The molecule has 1 atom stereocenters. The van der Waals surface area contributed by atoms with Crippen LogP contribution in [0.2, 0.25) is 0 Å². The number of hydrogen-bond acceptors (Lipinski definition) is 3. The van der Waals surface area contributed by atoms with E-state index >= 15 is 0 Å². The fourth-order valence-electron chi connectivity index (χ4n) is 2.63. The molecule has 0 saturated heterocycles. The van der Waals surface area contributed by atoms with E-state index in [1.165, 1.54) is 19.1 Å². The van der Waals surface area contributed by atoms with Crippen molar-refractivity contribution in [3.63, 3.8) is 0 Å². The molecule has 1 saturated carbocycles. The number of hydrogen-bond donors (Lipinski definition) is 1. The predicted octanol–water partition coefficient (Wildman–Crippen LogP) is 3.07. The Morgan fingerprint density at radius 1 is 1.42 bits per heavy atom. The molecule has 102 valence electrons. The highest BCUT2D eigenvalue weighted by Crippen LogP contribution is 2.41. The number of aromatic amines is 1. The molecule has 6 heteroatoms. The summed E-state index contributed by atoms with van der Waals surface area (Å²) in [5.41, 5.74) is 1.51. The molecule has 0 aliphatic heterocycles. The summed E-state index contributed by atoms with van der Waals surface area (Å²) < 4.78 is 26.3. The average molecular weight is 296 g/mol. The summed E-state index contributed by atoms with van der Waals surface area (Å²) in [6, 6.07) is 5.64. The molecule has 1 fully saturated rings. The quantitative estimate of drug-likeness (QED) is 0.886. The fourth-order valence-corrected chi connectivity index (χ4v) is 3.84. The summed E-state index contributed by atoms with van der Waals surface area (Å²) in [6.45, 7) is 2.15. The van der Waals surface area contributed by atoms with Crippen LogP contribution in [0, 0.1) is 10.7 Å². The molecular formula is C13H16N2O2S2. The standard InChI is InChI=1S/C13H16N2O2S2/c1-8(9-6-7-9)15-10-4-3-5-11(19(2,16)17)12(10)14-13(15)18/h3-5,8-9H,6-7H2,1-2H3,(H,14,18). The van der Waals surface area contributed by atoms with Gasteiger partial charge in [-0.3, -0.25) is 0 Å². The first-order valence-corrected chi connectivity index (χ1v) is 8.63. The molecule has 3 rings (SSSR count). The van der Waals surface area contributed by atoms with E-state index in [4.69, 9.17) is 12.2 Å². The van der Waals surface area contributed by atoms with Gasteiger partial charge in [-0.1, -0.05) is 6.07 Å². The van der Waals surface area contributed by atoms with Crippen molar-refractivity contribution >= 4 is 33.1 Å². The second-order valence-electron chi connectivity index (χ2n) is 5.30. The molecule has 1 aromatic heterocycles. The highest BCUT2D eigenvalue weighted by Gasteiger charge is 2.30. The maximum atomic E-state index is 11.8. The van der Waals surface area contributed by atoms with Gasteiger partial charge in [0.2, 0.25) is 0 Å². The van der Waals surface area contributed by atoms with Crippen LogP contribution < -0.4 is 0 Å². The topological polar surface area (TPSA) is 54.9 Å². The first kappa shape index (κ1) is 12.9. The molecule has 1 aliphatic carbocycles. The van der Waals surface area contributed by atoms with Gasteiger partial charge in [-0.2, -0.15) is 0 Å². The monoisotopic (exact) mass is 296 g/mol. The van der Waals surface area contributed by atoms with E-state index in [0.29, 0.717) is 27.1 Å². The van der Waals surface area contributed by atoms with Gasteiger partial charge >= 0.3 is 0 Å². The maximum Gasteiger partial charge on any atom is 0.178 e. The van der Waals surface area contributed by atoms with Crippen molar-refractivity contribution in [2.24, 2.45) is 5.92 Å². The number of imidazole rings is 1. The molecule has 1 unspecified atom stereocenters. The molecule has 4 nitrogen and oxygen atoms in total. The minimum absolute atomic E-state index is 0.316. The number of para-hydroxylation sites is 1. The summed E-state index contributed by atoms with van der Waals surface area (Å²) in [4.78, 5) is 3.38. The number of nitrogens with zero attached hydrogens (tertiary/aromatic N) is 1. The molecule has 1 heterocycles. The van der Waals surface area contributed by atoms with Crippen molar-refractivity contribution in [3.8, 4) is 0 Å². The van der Waals surface area contributed by atoms with Crippen molar-refractivity contribution in [2.45, 2.75) is 30.7 Å². The van der Waals surface area contributed by atoms with Gasteiger partial charge in [0, 0.05) is 12.3 Å². The van der Waals surface area contributed by atoms with Gasteiger partial charge in [0.25, 0.3) is 0 Å². The number of fused-ring (bicyclic) bond motifs is 1. The highest BCUT2D eigenvalue weighted by molar-refractivity contribution is 7.91. The molecular weight excluding hydrogens is 280 g/mol. The lowest BCUT2D eigenvalue weighted by Crippen LogP contribution is -2.07. The van der Waals surface area contributed by atoms with Gasteiger partial charge in [0.15, 0.2) is 14.6 Å². The Balaban J connectivity index is 2.31. The third-order valence-electron chi connectivity index (χ3n) is 3.83. The molecule has 1 aliphatic rings. The third-order valence-corrected chi connectivity index (χ3v) is 5.26. The Bertz CT molecular complexity index is 798. The van der Waals surface area contributed by atoms with Crippen molar-refractivity contribution in [2.75, 3.05) is 6.26 Å². The molecule has 0 bridgehead atoms. The van der Waals surface area contributed by atoms with Crippen LogP contribution in [-0.2, 0) is 9.84 Å². The van der Waals surface area contributed by atoms with Gasteiger partial charge in [-0.15, -0.1) is 0 Å². The van der Waals surface area contributed by atoms with Crippen LogP contribution in [-0.4, -0.2) is 24.2 Å². The summed E-state index contributed by atoms with van der Waals surface area (Å²) >= 11 is 5.37. The van der Waals surface area contributed by atoms with E-state index in [0.717, 1.165) is 5.52 Å². The zero-order valence-corrected chi connectivity index (χ0v) is 12.5. The van der Waals surface area contributed by atoms with Gasteiger partial charge in [-0.05, 0) is 50.0 Å². The summed E-state index contributed by atoms with van der Waals surface area (Å²) in [5, 5.41) is 0. The van der Waals surface area contributed by atoms with Crippen LogP contribution in [0.3, 0.4) is 0 Å². The van der Waals surface area contributed by atoms with Crippen LogP contribution in [0.5, 0.6) is 0 Å². The first-order chi connectivity index (χ1) is 8.89. The van der Waals surface area contributed by atoms with Crippen LogP contribution in [0.4, 0.5) is 0 Å². The molecule has 0 radical (unpaired) electrons. The Labute approximate surface area is 117 Å². The van der Waals surface area contributed by atoms with Crippen LogP contribution >= 0.6 is 12.2 Å².